The van der Waals surface area contributed by atoms with Crippen molar-refractivity contribution in [1.29, 1.82) is 0 Å². The fourth-order valence-electron chi connectivity index (χ4n) is 1.29. The third-order valence-corrected chi connectivity index (χ3v) is 2.42. The Morgan fingerprint density at radius 1 is 0.714 bits per heavy atom. The Hall–Kier alpha value is -0.814. The van der Waals surface area contributed by atoms with E-state index in [0.717, 1.165) is 0 Å². The minimum absolute atomic E-state index is 0. The summed E-state index contributed by atoms with van der Waals surface area (Å²) in [6, 6.07) is 15.3. The third-order valence-electron chi connectivity index (χ3n) is 2.14. The van der Waals surface area contributed by atoms with E-state index >= 15 is 0 Å². The van der Waals surface area contributed by atoms with E-state index in [1.807, 2.05) is 30.3 Å². The molecule has 2 rings (SSSR count). The molecule has 21 heavy (non-hydrogen) atoms. The van der Waals surface area contributed by atoms with Gasteiger partial charge in [0.25, 0.3) is 0 Å². The average molecular weight is 328 g/mol. The monoisotopic (exact) mass is 328 g/mol. The van der Waals surface area contributed by atoms with Gasteiger partial charge in [0.15, 0.2) is 0 Å². The molecule has 0 radical (unpaired) electrons. The van der Waals surface area contributed by atoms with Gasteiger partial charge in [-0.15, -0.1) is 5.11 Å². The van der Waals surface area contributed by atoms with Crippen LogP contribution in [0.4, 0.5) is 17.1 Å². The van der Waals surface area contributed by atoms with Gasteiger partial charge in [0, 0.05) is 0 Å². The Bertz CT molecular complexity index is 731. The van der Waals surface area contributed by atoms with Gasteiger partial charge in [0.05, 0.1) is 17.1 Å². The first kappa shape index (κ1) is 18.2. The molecule has 0 amide bonds. The van der Waals surface area contributed by atoms with Crippen molar-refractivity contribution in [2.45, 2.75) is 0 Å². The molecule has 7 nitrogen and oxygen atoms in total. The zero-order valence-electron chi connectivity index (χ0n) is 11.1. The number of hydrogen-bond acceptors (Lipinski definition) is 6. The minimum Gasteiger partial charge on any atom is -0.728 e. The maximum Gasteiger partial charge on any atom is 1.00 e. The van der Waals surface area contributed by atoms with Crippen LogP contribution in [0, 0.1) is 0 Å². The van der Waals surface area contributed by atoms with Crippen LogP contribution in [-0.4, -0.2) is 13.0 Å². The maximum atomic E-state index is 10.3. The molecular weight excluding hydrogens is 319 g/mol. The molecule has 0 saturated carbocycles. The largest absolute Gasteiger partial charge is 1.00 e. The molecule has 0 atom stereocenters. The Kier molecular flexibility index (Phi) is 7.46. The van der Waals surface area contributed by atoms with Gasteiger partial charge in [-0.3, -0.25) is 0 Å². The molecule has 2 aromatic carbocycles. The van der Waals surface area contributed by atoms with Crippen LogP contribution in [0.25, 0.3) is 0 Å². The van der Waals surface area contributed by atoms with Gasteiger partial charge in [0.1, 0.15) is 0 Å². The first-order chi connectivity index (χ1) is 9.53. The van der Waals surface area contributed by atoms with E-state index in [1.165, 1.54) is 12.1 Å². The van der Waals surface area contributed by atoms with Gasteiger partial charge < -0.3 is 4.55 Å². The summed E-state index contributed by atoms with van der Waals surface area (Å²) < 4.78 is 33.5. The SMILES string of the molecule is O=S(=O)([O-])N=Nc1ccc(N=Nc2ccccc2)cc1.[K+]. The molecule has 0 aromatic heterocycles. The number of benzene rings is 2. The van der Waals surface area contributed by atoms with E-state index < -0.39 is 10.3 Å². The van der Waals surface area contributed by atoms with Crippen molar-refractivity contribution in [3.05, 3.63) is 54.6 Å². The number of nitrogens with zero attached hydrogens (tertiary/aromatic N) is 4. The predicted molar refractivity (Wildman–Crippen MR) is 71.3 cm³/mol. The summed E-state index contributed by atoms with van der Waals surface area (Å²) in [5.74, 6) is 0. The molecule has 0 fully saturated rings. The van der Waals surface area contributed by atoms with Crippen LogP contribution in [-0.2, 0) is 10.3 Å². The topological polar surface area (TPSA) is 107 Å². The molecule has 102 valence electrons. The number of hydrogen-bond donors (Lipinski definition) is 0. The van der Waals surface area contributed by atoms with E-state index in [0.29, 0.717) is 11.4 Å². The summed E-state index contributed by atoms with van der Waals surface area (Å²) in [4.78, 5) is 0. The van der Waals surface area contributed by atoms with Crippen molar-refractivity contribution in [3.63, 3.8) is 0 Å². The van der Waals surface area contributed by atoms with Crippen LogP contribution in [0.5, 0.6) is 0 Å². The second kappa shape index (κ2) is 8.59. The van der Waals surface area contributed by atoms with Gasteiger partial charge >= 0.3 is 51.4 Å². The summed E-state index contributed by atoms with van der Waals surface area (Å²) in [6.45, 7) is 0. The first-order valence-electron chi connectivity index (χ1n) is 5.49. The summed E-state index contributed by atoms with van der Waals surface area (Å²) in [6.07, 6.45) is 0. The van der Waals surface area contributed by atoms with E-state index in [4.69, 9.17) is 0 Å². The van der Waals surface area contributed by atoms with Crippen molar-refractivity contribution in [2.24, 2.45) is 19.9 Å². The zero-order chi connectivity index (χ0) is 14.4. The Morgan fingerprint density at radius 3 is 1.62 bits per heavy atom. The molecular formula is C12H9KN4O3S. The summed E-state index contributed by atoms with van der Waals surface area (Å²) in [7, 11) is -4.71. The second-order valence-corrected chi connectivity index (χ2v) is 4.68. The molecule has 0 N–H and O–H groups in total. The van der Waals surface area contributed by atoms with Crippen LogP contribution in [0.3, 0.4) is 0 Å². The third kappa shape index (κ3) is 7.13. The standard InChI is InChI=1S/C12H10N4O3S.K/c17-20(18,19)16-15-12-8-6-11(7-9-12)14-13-10-4-2-1-3-5-10;/h1-9H,(H,17,18,19);/q;+1/p-1. The summed E-state index contributed by atoms with van der Waals surface area (Å²) in [5.41, 5.74) is 1.52. The Labute approximate surface area is 164 Å². The van der Waals surface area contributed by atoms with Crippen molar-refractivity contribution >= 4 is 27.4 Å². The molecule has 0 unspecified atom stereocenters. The second-order valence-electron chi connectivity index (χ2n) is 3.66. The smallest absolute Gasteiger partial charge is 0.728 e. The fourth-order valence-corrected chi connectivity index (χ4v) is 1.49. The fraction of sp³-hybridized carbons (Fsp3) is 0. The van der Waals surface area contributed by atoms with E-state index in [-0.39, 0.29) is 57.1 Å². The molecule has 0 heterocycles. The van der Waals surface area contributed by atoms with Gasteiger partial charge in [-0.2, -0.15) is 10.2 Å². The molecule has 0 aliphatic carbocycles. The van der Waals surface area contributed by atoms with E-state index in [9.17, 15) is 13.0 Å². The van der Waals surface area contributed by atoms with Gasteiger partial charge in [-0.25, -0.2) is 8.42 Å². The number of rotatable bonds is 4. The van der Waals surface area contributed by atoms with Gasteiger partial charge in [-0.1, -0.05) is 22.7 Å². The first-order valence-corrected chi connectivity index (χ1v) is 6.85. The van der Waals surface area contributed by atoms with Crippen LogP contribution >= 0.6 is 0 Å². The maximum absolute atomic E-state index is 10.3. The molecule has 0 aliphatic heterocycles. The van der Waals surface area contributed by atoms with Crippen LogP contribution in [0.2, 0.25) is 0 Å². The van der Waals surface area contributed by atoms with Crippen molar-refractivity contribution < 1.29 is 64.4 Å². The van der Waals surface area contributed by atoms with Crippen LogP contribution in [0.15, 0.2) is 74.5 Å². The molecule has 0 spiro atoms. The normalized spacial score (nSPS) is 11.7. The van der Waals surface area contributed by atoms with Crippen LogP contribution in [0.1, 0.15) is 0 Å². The predicted octanol–water partition coefficient (Wildman–Crippen LogP) is 0.650. The quantitative estimate of drug-likeness (QED) is 0.467. The van der Waals surface area contributed by atoms with Crippen LogP contribution < -0.4 is 51.4 Å². The van der Waals surface area contributed by atoms with Crippen molar-refractivity contribution in [1.82, 2.24) is 0 Å². The molecule has 2 aromatic rings. The summed E-state index contributed by atoms with van der Waals surface area (Å²) >= 11 is 0. The van der Waals surface area contributed by atoms with Crippen molar-refractivity contribution in [3.8, 4) is 0 Å². The summed E-state index contributed by atoms with van der Waals surface area (Å²) in [5, 5.41) is 11.3. The van der Waals surface area contributed by atoms with E-state index in [2.05, 4.69) is 19.9 Å². The molecule has 0 aliphatic rings. The van der Waals surface area contributed by atoms with E-state index in [1.54, 1.807) is 12.1 Å². The Balaban J connectivity index is 0.00000220. The van der Waals surface area contributed by atoms with Gasteiger partial charge in [-0.05, 0) is 36.4 Å². The Morgan fingerprint density at radius 2 is 1.14 bits per heavy atom. The number of azo groups is 1. The molecule has 0 bridgehead atoms. The van der Waals surface area contributed by atoms with Gasteiger partial charge in [0.2, 0.25) is 10.3 Å². The van der Waals surface area contributed by atoms with Crippen molar-refractivity contribution in [2.75, 3.05) is 0 Å². The zero-order valence-corrected chi connectivity index (χ0v) is 15.1. The minimum atomic E-state index is -4.71. The molecule has 0 saturated heterocycles. The molecule has 9 heteroatoms. The average Bonchev–Trinajstić information content (AvgIpc) is 2.44.